The van der Waals surface area contributed by atoms with Gasteiger partial charge in [0, 0.05) is 23.6 Å². The number of nitrogen functional groups attached to an aromatic ring is 1. The first-order chi connectivity index (χ1) is 16.3. The SMILES string of the molecule is C=CCNC(=O)OC/C=C\C1=C(C(=O)O)N2C(=O)[C@@H](N=C([O-])/C(=N/O)c3csc(N)n3)[C@H]2SC1.[Na+]. The summed E-state index contributed by atoms with van der Waals surface area (Å²) >= 11 is 2.24. The number of carboxylic acid groups (broad SMARTS) is 1. The molecular weight excluding hydrogens is 511 g/mol. The molecule has 35 heavy (non-hydrogen) atoms. The standard InChI is InChI=1S/C19H20N6O7S2.Na/c1-2-5-21-19(30)32-6-3-4-9-7-33-16-12(15(27)25(16)13(9)17(28)29)23-14(26)11(24-31)10-8-34-18(20)22-10;/h2-4,8,12,16,31H,1,5-7H2,(H2,20,22)(H,21,30)(H,23,26)(H,28,29);/q;+1/p-1/b4-3-,24-11+;/t12-,16-;/m1./s1. The van der Waals surface area contributed by atoms with Crippen LogP contribution in [0, 0.1) is 0 Å². The van der Waals surface area contributed by atoms with E-state index < -0.39 is 41.0 Å². The van der Waals surface area contributed by atoms with Gasteiger partial charge in [-0.05, 0) is 11.6 Å². The van der Waals surface area contributed by atoms with E-state index in [2.05, 4.69) is 27.0 Å². The van der Waals surface area contributed by atoms with Gasteiger partial charge in [0.25, 0.3) is 5.91 Å². The third-order valence-electron chi connectivity index (χ3n) is 4.52. The molecule has 2 aliphatic heterocycles. The van der Waals surface area contributed by atoms with Crippen molar-refractivity contribution in [2.75, 3.05) is 24.6 Å². The summed E-state index contributed by atoms with van der Waals surface area (Å²) in [6.07, 6.45) is 3.74. The molecule has 13 nitrogen and oxygen atoms in total. The molecule has 2 amide bonds. The molecule has 0 radical (unpaired) electrons. The van der Waals surface area contributed by atoms with Crippen LogP contribution in [0.2, 0.25) is 0 Å². The molecule has 3 rings (SSSR count). The van der Waals surface area contributed by atoms with Crippen LogP contribution in [0.4, 0.5) is 9.93 Å². The Morgan fingerprint density at radius 3 is 2.83 bits per heavy atom. The number of aromatic nitrogens is 1. The third kappa shape index (κ3) is 6.43. The minimum absolute atomic E-state index is 0. The molecule has 2 aliphatic rings. The predicted octanol–water partition coefficient (Wildman–Crippen LogP) is -3.24. The third-order valence-corrected chi connectivity index (χ3v) is 6.48. The number of carbonyl (C=O) groups excluding carboxylic acids is 2. The average Bonchev–Trinajstić information content (AvgIpc) is 3.24. The molecule has 1 aromatic heterocycles. The van der Waals surface area contributed by atoms with Crippen LogP contribution < -0.4 is 45.7 Å². The average molecular weight is 531 g/mol. The van der Waals surface area contributed by atoms with Crippen molar-refractivity contribution in [1.29, 1.82) is 0 Å². The Bertz CT molecular complexity index is 1130. The Kier molecular flexibility index (Phi) is 10.3. The van der Waals surface area contributed by atoms with E-state index in [4.69, 9.17) is 10.5 Å². The van der Waals surface area contributed by atoms with Crippen molar-refractivity contribution in [2.45, 2.75) is 11.4 Å². The number of alkyl carbamates (subject to hydrolysis) is 1. The molecule has 1 aromatic rings. The van der Waals surface area contributed by atoms with E-state index in [-0.39, 0.29) is 65.0 Å². The molecule has 0 aliphatic carbocycles. The molecule has 2 atom stereocenters. The first kappa shape index (κ1) is 28.4. The quantitative estimate of drug-likeness (QED) is 0.0478. The van der Waals surface area contributed by atoms with E-state index in [1.165, 1.54) is 35.4 Å². The fraction of sp³-hybridized carbons (Fsp3) is 0.263. The van der Waals surface area contributed by atoms with Crippen LogP contribution in [0.1, 0.15) is 5.69 Å². The van der Waals surface area contributed by atoms with Gasteiger partial charge in [0.15, 0.2) is 11.2 Å². The smallest absolute Gasteiger partial charge is 0.857 e. The van der Waals surface area contributed by atoms with Crippen LogP contribution in [0.5, 0.6) is 0 Å². The molecule has 180 valence electrons. The zero-order valence-electron chi connectivity index (χ0n) is 18.4. The van der Waals surface area contributed by atoms with Gasteiger partial charge in [-0.1, -0.05) is 17.3 Å². The minimum Gasteiger partial charge on any atom is -0.857 e. The van der Waals surface area contributed by atoms with Crippen molar-refractivity contribution >= 4 is 57.8 Å². The number of amides is 2. The number of thioether (sulfide) groups is 1. The van der Waals surface area contributed by atoms with E-state index in [1.54, 1.807) is 0 Å². The molecule has 0 saturated carbocycles. The fourth-order valence-corrected chi connectivity index (χ4v) is 4.89. The zero-order chi connectivity index (χ0) is 24.8. The molecule has 1 fully saturated rings. The monoisotopic (exact) mass is 530 g/mol. The number of hydrogen-bond acceptors (Lipinski definition) is 12. The molecule has 0 aromatic carbocycles. The number of ether oxygens (including phenoxy) is 1. The van der Waals surface area contributed by atoms with Crippen LogP contribution in [-0.2, 0) is 14.3 Å². The summed E-state index contributed by atoms with van der Waals surface area (Å²) in [5.41, 5.74) is 5.14. The maximum Gasteiger partial charge on any atom is 1.00 e. The second kappa shape index (κ2) is 12.7. The Balaban J connectivity index is 0.00000432. The molecule has 5 N–H and O–H groups in total. The number of carbonyl (C=O) groups is 3. The number of nitrogens with zero attached hydrogens (tertiary/aromatic N) is 4. The number of aliphatic carboxylic acids is 1. The van der Waals surface area contributed by atoms with E-state index in [0.29, 0.717) is 5.57 Å². The van der Waals surface area contributed by atoms with E-state index in [1.807, 2.05) is 0 Å². The summed E-state index contributed by atoms with van der Waals surface area (Å²) in [5, 5.41) is 37.5. The molecule has 0 bridgehead atoms. The summed E-state index contributed by atoms with van der Waals surface area (Å²) in [4.78, 5) is 44.7. The number of aliphatic imine (C=N–C) groups is 1. The second-order valence-corrected chi connectivity index (χ2v) is 8.65. The molecule has 0 unspecified atom stereocenters. The van der Waals surface area contributed by atoms with Gasteiger partial charge >= 0.3 is 41.6 Å². The number of nitrogens with two attached hydrogens (primary N) is 1. The van der Waals surface area contributed by atoms with Gasteiger partial charge in [-0.3, -0.25) is 14.7 Å². The molecular formula is C19H19N6NaO7S2. The Morgan fingerprint density at radius 2 is 2.23 bits per heavy atom. The Labute approximate surface area is 229 Å². The first-order valence-corrected chi connectivity index (χ1v) is 11.5. The van der Waals surface area contributed by atoms with Gasteiger partial charge in [-0.2, -0.15) is 0 Å². The number of β-lactam (4-membered cyclic amide) rings is 1. The first-order valence-electron chi connectivity index (χ1n) is 9.56. The van der Waals surface area contributed by atoms with Crippen molar-refractivity contribution in [1.82, 2.24) is 15.2 Å². The number of thiazole rings is 1. The molecule has 16 heteroatoms. The second-order valence-electron chi connectivity index (χ2n) is 6.66. The van der Waals surface area contributed by atoms with Gasteiger partial charge in [0.05, 0.1) is 0 Å². The number of rotatable bonds is 9. The van der Waals surface area contributed by atoms with Gasteiger partial charge in [0.2, 0.25) is 0 Å². The van der Waals surface area contributed by atoms with Crippen LogP contribution in [0.25, 0.3) is 0 Å². The number of hydrogen-bond donors (Lipinski definition) is 4. The summed E-state index contributed by atoms with van der Waals surface area (Å²) < 4.78 is 4.91. The zero-order valence-corrected chi connectivity index (χ0v) is 22.0. The Hall–Kier alpha value is -2.85. The molecule has 3 heterocycles. The van der Waals surface area contributed by atoms with Crippen LogP contribution in [0.3, 0.4) is 0 Å². The summed E-state index contributed by atoms with van der Waals surface area (Å²) in [7, 11) is 0. The maximum atomic E-state index is 12.7. The molecule has 1 saturated heterocycles. The number of oxime groups is 1. The van der Waals surface area contributed by atoms with Crippen molar-refractivity contribution in [3.05, 3.63) is 47.2 Å². The molecule has 0 spiro atoms. The van der Waals surface area contributed by atoms with Crippen molar-refractivity contribution in [3.8, 4) is 0 Å². The van der Waals surface area contributed by atoms with Crippen LogP contribution >= 0.6 is 23.1 Å². The number of allylic oxidation sites excluding steroid dienone is 1. The van der Waals surface area contributed by atoms with E-state index >= 15 is 0 Å². The predicted molar refractivity (Wildman–Crippen MR) is 123 cm³/mol. The normalized spacial score (nSPS) is 20.1. The maximum absolute atomic E-state index is 12.7. The van der Waals surface area contributed by atoms with Gasteiger partial charge in [-0.25, -0.2) is 14.6 Å². The topological polar surface area (TPSA) is 203 Å². The Morgan fingerprint density at radius 1 is 1.49 bits per heavy atom. The largest absolute Gasteiger partial charge is 1.00 e. The summed E-state index contributed by atoms with van der Waals surface area (Å²) in [5.74, 6) is -2.80. The summed E-state index contributed by atoms with van der Waals surface area (Å²) in [6.45, 7) is 3.59. The van der Waals surface area contributed by atoms with E-state index in [9.17, 15) is 29.8 Å². The van der Waals surface area contributed by atoms with Crippen molar-refractivity contribution in [2.24, 2.45) is 10.1 Å². The van der Waals surface area contributed by atoms with Crippen molar-refractivity contribution in [3.63, 3.8) is 0 Å². The fourth-order valence-electron chi connectivity index (χ4n) is 3.04. The van der Waals surface area contributed by atoms with E-state index in [0.717, 1.165) is 16.2 Å². The van der Waals surface area contributed by atoms with Gasteiger partial charge in [-0.15, -0.1) is 29.7 Å². The van der Waals surface area contributed by atoms with Crippen LogP contribution in [0.15, 0.2) is 51.6 Å². The number of nitrogens with one attached hydrogen (secondary N) is 1. The van der Waals surface area contributed by atoms with Gasteiger partial charge < -0.3 is 31.2 Å². The number of carboxylic acids is 1. The number of anilines is 1. The number of fused-ring (bicyclic) bond motifs is 1. The van der Waals surface area contributed by atoms with Crippen molar-refractivity contribution < 1.29 is 64.1 Å². The minimum atomic E-state index is -1.33. The van der Waals surface area contributed by atoms with Gasteiger partial charge in [0.1, 0.15) is 29.1 Å². The summed E-state index contributed by atoms with van der Waals surface area (Å²) in [6, 6.07) is -1.15. The van der Waals surface area contributed by atoms with Crippen LogP contribution in [-0.4, -0.2) is 80.1 Å².